The maximum Gasteiger partial charge on any atom is 0.270 e. The molecule has 9 nitrogen and oxygen atoms in total. The lowest BCUT2D eigenvalue weighted by molar-refractivity contribution is 0.0921. The van der Waals surface area contributed by atoms with Crippen molar-refractivity contribution in [2.24, 2.45) is 0 Å². The van der Waals surface area contributed by atoms with Crippen molar-refractivity contribution >= 4 is 22.8 Å². The van der Waals surface area contributed by atoms with Gasteiger partial charge in [0.25, 0.3) is 5.91 Å². The van der Waals surface area contributed by atoms with Crippen LogP contribution in [0.25, 0.3) is 22.4 Å². The van der Waals surface area contributed by atoms with E-state index in [0.29, 0.717) is 29.1 Å². The number of aromatic nitrogens is 6. The van der Waals surface area contributed by atoms with Gasteiger partial charge in [-0.05, 0) is 44.7 Å². The molecule has 0 aliphatic heterocycles. The van der Waals surface area contributed by atoms with Gasteiger partial charge in [-0.2, -0.15) is 0 Å². The summed E-state index contributed by atoms with van der Waals surface area (Å²) in [5.41, 5.74) is 2.02. The van der Waals surface area contributed by atoms with Crippen LogP contribution >= 0.6 is 0 Å². The first kappa shape index (κ1) is 20.9. The Morgan fingerprint density at radius 3 is 2.91 bits per heavy atom. The number of fused-ring (bicyclic) bond motifs is 1. The molecule has 33 heavy (non-hydrogen) atoms. The number of amides is 1. The molecule has 0 bridgehead atoms. The molecule has 0 radical (unpaired) electrons. The molecule has 0 aromatic carbocycles. The fourth-order valence-electron chi connectivity index (χ4n) is 4.22. The van der Waals surface area contributed by atoms with Gasteiger partial charge in [0.2, 0.25) is 0 Å². The van der Waals surface area contributed by atoms with Crippen LogP contribution in [0, 0.1) is 12.7 Å². The smallest absolute Gasteiger partial charge is 0.270 e. The van der Waals surface area contributed by atoms with Crippen molar-refractivity contribution in [3.8, 4) is 11.4 Å². The molecule has 0 saturated heterocycles. The van der Waals surface area contributed by atoms with Gasteiger partial charge in [0.05, 0.1) is 5.69 Å². The number of aromatic amines is 1. The maximum absolute atomic E-state index is 14.9. The van der Waals surface area contributed by atoms with E-state index in [1.165, 1.54) is 6.33 Å². The minimum atomic E-state index is -0.477. The van der Waals surface area contributed by atoms with Gasteiger partial charge in [-0.25, -0.2) is 24.3 Å². The number of aryl methyl sites for hydroxylation is 1. The number of hydrogen-bond donors (Lipinski definition) is 3. The molecule has 1 saturated carbocycles. The highest BCUT2D eigenvalue weighted by Crippen LogP contribution is 2.28. The molecule has 2 unspecified atom stereocenters. The number of nitrogens with one attached hydrogen (secondary N) is 3. The van der Waals surface area contributed by atoms with E-state index in [0.717, 1.165) is 24.6 Å². The van der Waals surface area contributed by atoms with Gasteiger partial charge in [-0.3, -0.25) is 9.78 Å². The molecule has 4 heterocycles. The van der Waals surface area contributed by atoms with Crippen molar-refractivity contribution in [1.29, 1.82) is 0 Å². The highest BCUT2D eigenvalue weighted by molar-refractivity contribution is 5.92. The molecule has 0 spiro atoms. The SMILES string of the molecule is Cc1nc(-c2c[nH]c3ncncc23)nc(NC2CCCC(NC(=O)c3ccccn3)C2)c1F. The molecule has 1 aliphatic rings. The fourth-order valence-corrected chi connectivity index (χ4v) is 4.22. The second kappa shape index (κ2) is 8.89. The number of hydrogen-bond acceptors (Lipinski definition) is 7. The summed E-state index contributed by atoms with van der Waals surface area (Å²) in [6, 6.07) is 5.18. The molecular formula is C23H23FN8O. The average molecular weight is 446 g/mol. The van der Waals surface area contributed by atoms with Crippen LogP contribution in [0.2, 0.25) is 0 Å². The largest absolute Gasteiger partial charge is 0.365 e. The van der Waals surface area contributed by atoms with Gasteiger partial charge in [-0.1, -0.05) is 6.07 Å². The van der Waals surface area contributed by atoms with E-state index in [1.807, 2.05) is 0 Å². The lowest BCUT2D eigenvalue weighted by Gasteiger charge is -2.30. The van der Waals surface area contributed by atoms with Gasteiger partial charge in [-0.15, -0.1) is 0 Å². The van der Waals surface area contributed by atoms with E-state index in [9.17, 15) is 9.18 Å². The zero-order valence-electron chi connectivity index (χ0n) is 18.0. The van der Waals surface area contributed by atoms with E-state index in [4.69, 9.17) is 0 Å². The van der Waals surface area contributed by atoms with Crippen molar-refractivity contribution in [2.45, 2.75) is 44.7 Å². The van der Waals surface area contributed by atoms with E-state index in [-0.39, 0.29) is 29.5 Å². The van der Waals surface area contributed by atoms with E-state index >= 15 is 0 Å². The minimum absolute atomic E-state index is 0.0259. The van der Waals surface area contributed by atoms with Gasteiger partial charge in [0, 0.05) is 41.6 Å². The number of halogens is 1. The molecule has 5 rings (SSSR count). The van der Waals surface area contributed by atoms with Crippen molar-refractivity contribution in [3.63, 3.8) is 0 Å². The number of pyridine rings is 1. The first-order valence-electron chi connectivity index (χ1n) is 10.9. The lowest BCUT2D eigenvalue weighted by atomic mass is 9.91. The van der Waals surface area contributed by atoms with Crippen LogP contribution < -0.4 is 10.6 Å². The number of rotatable bonds is 5. The Bertz CT molecular complexity index is 1290. The summed E-state index contributed by atoms with van der Waals surface area (Å²) in [4.78, 5) is 36.7. The predicted molar refractivity (Wildman–Crippen MR) is 121 cm³/mol. The molecule has 1 fully saturated rings. The van der Waals surface area contributed by atoms with Gasteiger partial charge >= 0.3 is 0 Å². The number of nitrogens with zero attached hydrogens (tertiary/aromatic N) is 5. The topological polar surface area (TPSA) is 121 Å². The molecule has 10 heteroatoms. The van der Waals surface area contributed by atoms with Crippen LogP contribution in [-0.2, 0) is 0 Å². The average Bonchev–Trinajstić information content (AvgIpc) is 3.27. The van der Waals surface area contributed by atoms with Crippen molar-refractivity contribution in [2.75, 3.05) is 5.32 Å². The van der Waals surface area contributed by atoms with Gasteiger partial charge in [0.1, 0.15) is 17.7 Å². The molecule has 4 aromatic heterocycles. The second-order valence-electron chi connectivity index (χ2n) is 8.18. The molecule has 1 aliphatic carbocycles. The Morgan fingerprint density at radius 2 is 2.06 bits per heavy atom. The standard InChI is InChI=1S/C23H23FN8O/c1-13-19(24)22(32-21(29-13)17-11-27-20-16(17)10-25-12-28-20)30-14-5-4-6-15(9-14)31-23(33)18-7-2-3-8-26-18/h2-3,7-8,10-12,14-15H,4-6,9H2,1H3,(H,31,33)(H,25,27,28)(H,29,30,32). The quantitative estimate of drug-likeness (QED) is 0.429. The van der Waals surface area contributed by atoms with Crippen LogP contribution in [0.1, 0.15) is 41.9 Å². The molecule has 2 atom stereocenters. The van der Waals surface area contributed by atoms with Crippen LogP contribution in [-0.4, -0.2) is 47.9 Å². The zero-order valence-corrected chi connectivity index (χ0v) is 18.0. The Kier molecular flexibility index (Phi) is 5.64. The molecule has 1 amide bonds. The Morgan fingerprint density at radius 1 is 1.18 bits per heavy atom. The van der Waals surface area contributed by atoms with Crippen molar-refractivity contribution in [1.82, 2.24) is 35.2 Å². The summed E-state index contributed by atoms with van der Waals surface area (Å²) >= 11 is 0. The summed E-state index contributed by atoms with van der Waals surface area (Å²) in [6.07, 6.45) is 9.77. The van der Waals surface area contributed by atoms with Crippen molar-refractivity contribution < 1.29 is 9.18 Å². The Labute approximate surface area is 189 Å². The number of carbonyl (C=O) groups excluding carboxylic acids is 1. The molecule has 3 N–H and O–H groups in total. The van der Waals surface area contributed by atoms with Gasteiger partial charge < -0.3 is 15.6 Å². The first-order valence-corrected chi connectivity index (χ1v) is 10.9. The second-order valence-corrected chi connectivity index (χ2v) is 8.18. The van der Waals surface area contributed by atoms with E-state index in [2.05, 4.69) is 40.5 Å². The molecule has 168 valence electrons. The first-order chi connectivity index (χ1) is 16.1. The predicted octanol–water partition coefficient (Wildman–Crippen LogP) is 3.41. The Hall–Kier alpha value is -3.95. The van der Waals surface area contributed by atoms with Crippen LogP contribution in [0.15, 0.2) is 43.1 Å². The maximum atomic E-state index is 14.9. The van der Waals surface area contributed by atoms with Crippen LogP contribution in [0.5, 0.6) is 0 Å². The highest BCUT2D eigenvalue weighted by Gasteiger charge is 2.26. The normalized spacial score (nSPS) is 18.2. The van der Waals surface area contributed by atoms with Crippen LogP contribution in [0.4, 0.5) is 10.2 Å². The third-order valence-electron chi connectivity index (χ3n) is 5.86. The summed E-state index contributed by atoms with van der Waals surface area (Å²) < 4.78 is 14.9. The monoisotopic (exact) mass is 446 g/mol. The molecule has 4 aromatic rings. The van der Waals surface area contributed by atoms with Crippen LogP contribution in [0.3, 0.4) is 0 Å². The molecular weight excluding hydrogens is 423 g/mol. The third kappa shape index (κ3) is 4.36. The number of H-pyrrole nitrogens is 1. The third-order valence-corrected chi connectivity index (χ3v) is 5.86. The van der Waals surface area contributed by atoms with E-state index in [1.54, 1.807) is 43.7 Å². The summed E-state index contributed by atoms with van der Waals surface area (Å²) in [6.45, 7) is 1.62. The number of carbonyl (C=O) groups is 1. The minimum Gasteiger partial charge on any atom is -0.365 e. The van der Waals surface area contributed by atoms with E-state index < -0.39 is 5.82 Å². The highest BCUT2D eigenvalue weighted by atomic mass is 19.1. The summed E-state index contributed by atoms with van der Waals surface area (Å²) in [5, 5.41) is 7.06. The zero-order chi connectivity index (χ0) is 22.8. The fraction of sp³-hybridized carbons (Fsp3) is 0.304. The summed E-state index contributed by atoms with van der Waals surface area (Å²) in [5.74, 6) is -0.123. The number of anilines is 1. The van der Waals surface area contributed by atoms with Crippen molar-refractivity contribution in [3.05, 3.63) is 60.3 Å². The summed E-state index contributed by atoms with van der Waals surface area (Å²) in [7, 11) is 0. The van der Waals surface area contributed by atoms with Gasteiger partial charge in [0.15, 0.2) is 17.5 Å². The lowest BCUT2D eigenvalue weighted by Crippen LogP contribution is -2.42. The Balaban J connectivity index is 1.34.